The number of rotatable bonds is 1. The fourth-order valence-electron chi connectivity index (χ4n) is 1.71. The van der Waals surface area contributed by atoms with Gasteiger partial charge in [0, 0.05) is 18.6 Å². The first-order valence-electron chi connectivity index (χ1n) is 4.86. The summed E-state index contributed by atoms with van der Waals surface area (Å²) in [7, 11) is 0. The maximum atomic E-state index is 5.83. The molecular formula is C10H10N6. The second kappa shape index (κ2) is 3.06. The molecule has 3 rings (SSSR count). The molecule has 3 N–H and O–H groups in total. The average molecular weight is 214 g/mol. The fourth-order valence-corrected chi connectivity index (χ4v) is 1.71. The van der Waals surface area contributed by atoms with Crippen molar-refractivity contribution in [2.45, 2.75) is 6.92 Å². The van der Waals surface area contributed by atoms with E-state index >= 15 is 0 Å². The largest absolute Gasteiger partial charge is 0.383 e. The SMILES string of the molecule is Cc1nc(N)c2ccn(-c3ncc[nH]3)c2n1. The summed E-state index contributed by atoms with van der Waals surface area (Å²) in [6.45, 7) is 1.81. The Morgan fingerprint density at radius 1 is 1.38 bits per heavy atom. The number of H-pyrrole nitrogens is 1. The Morgan fingerprint density at radius 2 is 2.25 bits per heavy atom. The second-order valence-electron chi connectivity index (χ2n) is 3.49. The van der Waals surface area contributed by atoms with Crippen LogP contribution in [0.15, 0.2) is 24.7 Å². The van der Waals surface area contributed by atoms with Crippen LogP contribution < -0.4 is 5.73 Å². The molecule has 6 heteroatoms. The summed E-state index contributed by atoms with van der Waals surface area (Å²) in [5.74, 6) is 1.86. The van der Waals surface area contributed by atoms with Crippen LogP contribution in [0.5, 0.6) is 0 Å². The molecule has 0 aromatic carbocycles. The number of aryl methyl sites for hydroxylation is 1. The minimum atomic E-state index is 0.493. The van der Waals surface area contributed by atoms with Crippen LogP contribution in [-0.2, 0) is 0 Å². The van der Waals surface area contributed by atoms with E-state index in [1.54, 1.807) is 12.4 Å². The van der Waals surface area contributed by atoms with E-state index in [0.29, 0.717) is 17.6 Å². The summed E-state index contributed by atoms with van der Waals surface area (Å²) in [5.41, 5.74) is 6.59. The third-order valence-electron chi connectivity index (χ3n) is 2.40. The molecule has 0 aliphatic carbocycles. The molecule has 0 fully saturated rings. The van der Waals surface area contributed by atoms with Crippen molar-refractivity contribution in [1.82, 2.24) is 24.5 Å². The van der Waals surface area contributed by atoms with E-state index in [4.69, 9.17) is 5.73 Å². The molecule has 0 unspecified atom stereocenters. The van der Waals surface area contributed by atoms with Crippen molar-refractivity contribution in [3.8, 4) is 5.95 Å². The van der Waals surface area contributed by atoms with Crippen molar-refractivity contribution in [1.29, 1.82) is 0 Å². The molecule has 0 saturated heterocycles. The lowest BCUT2D eigenvalue weighted by Gasteiger charge is -2.02. The molecule has 0 aliphatic heterocycles. The van der Waals surface area contributed by atoms with Crippen LogP contribution in [0, 0.1) is 6.92 Å². The van der Waals surface area contributed by atoms with Gasteiger partial charge >= 0.3 is 0 Å². The Labute approximate surface area is 91.2 Å². The normalized spacial score (nSPS) is 11.1. The van der Waals surface area contributed by atoms with Crippen LogP contribution in [0.2, 0.25) is 0 Å². The average Bonchev–Trinajstić information content (AvgIpc) is 2.83. The standard InChI is InChI=1S/C10H10N6/c1-6-14-8(11)7-2-5-16(9(7)15-6)10-12-3-4-13-10/h2-5H,1H3,(H,12,13)(H2,11,14,15). The lowest BCUT2D eigenvalue weighted by Crippen LogP contribution is -2.00. The molecule has 0 atom stereocenters. The molecule has 0 radical (unpaired) electrons. The summed E-state index contributed by atoms with van der Waals surface area (Å²) >= 11 is 0. The van der Waals surface area contributed by atoms with Gasteiger partial charge < -0.3 is 10.7 Å². The third-order valence-corrected chi connectivity index (χ3v) is 2.40. The van der Waals surface area contributed by atoms with Gasteiger partial charge in [-0.05, 0) is 13.0 Å². The number of anilines is 1. The highest BCUT2D eigenvalue weighted by Gasteiger charge is 2.09. The van der Waals surface area contributed by atoms with E-state index < -0.39 is 0 Å². The van der Waals surface area contributed by atoms with Gasteiger partial charge in [0.05, 0.1) is 5.39 Å². The van der Waals surface area contributed by atoms with Gasteiger partial charge in [0.2, 0.25) is 5.95 Å². The smallest absolute Gasteiger partial charge is 0.212 e. The number of aromatic amines is 1. The Kier molecular flexibility index (Phi) is 1.70. The van der Waals surface area contributed by atoms with Crippen molar-refractivity contribution >= 4 is 16.9 Å². The van der Waals surface area contributed by atoms with E-state index in [0.717, 1.165) is 11.0 Å². The van der Waals surface area contributed by atoms with Crippen LogP contribution in [0.3, 0.4) is 0 Å². The predicted molar refractivity (Wildman–Crippen MR) is 60.2 cm³/mol. The summed E-state index contributed by atoms with van der Waals surface area (Å²) in [5, 5.41) is 0.835. The Hall–Kier alpha value is -2.37. The molecule has 0 saturated carbocycles. The molecule has 80 valence electrons. The Morgan fingerprint density at radius 3 is 3.00 bits per heavy atom. The Bertz CT molecular complexity index is 637. The van der Waals surface area contributed by atoms with Gasteiger partial charge in [-0.1, -0.05) is 0 Å². The van der Waals surface area contributed by atoms with E-state index in [1.165, 1.54) is 0 Å². The number of nitrogens with zero attached hydrogens (tertiary/aromatic N) is 4. The van der Waals surface area contributed by atoms with E-state index in [1.807, 2.05) is 23.8 Å². The summed E-state index contributed by atoms with van der Waals surface area (Å²) < 4.78 is 1.85. The molecule has 6 nitrogen and oxygen atoms in total. The van der Waals surface area contributed by atoms with Crippen LogP contribution in [0.4, 0.5) is 5.82 Å². The highest BCUT2D eigenvalue weighted by atomic mass is 15.2. The van der Waals surface area contributed by atoms with Crippen molar-refractivity contribution in [3.63, 3.8) is 0 Å². The van der Waals surface area contributed by atoms with E-state index in [-0.39, 0.29) is 0 Å². The van der Waals surface area contributed by atoms with Gasteiger partial charge in [-0.2, -0.15) is 0 Å². The van der Waals surface area contributed by atoms with Crippen molar-refractivity contribution in [2.75, 3.05) is 5.73 Å². The zero-order valence-electron chi connectivity index (χ0n) is 8.68. The highest BCUT2D eigenvalue weighted by molar-refractivity contribution is 5.87. The zero-order chi connectivity index (χ0) is 11.1. The fraction of sp³-hybridized carbons (Fsp3) is 0.100. The third kappa shape index (κ3) is 1.16. The van der Waals surface area contributed by atoms with Crippen LogP contribution in [0.25, 0.3) is 17.0 Å². The molecule has 16 heavy (non-hydrogen) atoms. The monoisotopic (exact) mass is 214 g/mol. The van der Waals surface area contributed by atoms with Gasteiger partial charge in [-0.25, -0.2) is 15.0 Å². The van der Waals surface area contributed by atoms with Crippen molar-refractivity contribution in [3.05, 3.63) is 30.5 Å². The number of hydrogen-bond donors (Lipinski definition) is 2. The maximum absolute atomic E-state index is 5.83. The van der Waals surface area contributed by atoms with Crippen molar-refractivity contribution < 1.29 is 0 Å². The number of fused-ring (bicyclic) bond motifs is 1. The van der Waals surface area contributed by atoms with E-state index in [2.05, 4.69) is 19.9 Å². The number of aromatic nitrogens is 5. The number of hydrogen-bond acceptors (Lipinski definition) is 4. The molecule has 3 heterocycles. The quantitative estimate of drug-likeness (QED) is 0.633. The zero-order valence-corrected chi connectivity index (χ0v) is 8.68. The van der Waals surface area contributed by atoms with Crippen LogP contribution >= 0.6 is 0 Å². The second-order valence-corrected chi connectivity index (χ2v) is 3.49. The van der Waals surface area contributed by atoms with Gasteiger partial charge in [0.15, 0.2) is 5.65 Å². The van der Waals surface area contributed by atoms with Gasteiger partial charge in [0.1, 0.15) is 11.6 Å². The highest BCUT2D eigenvalue weighted by Crippen LogP contribution is 2.20. The molecular weight excluding hydrogens is 204 g/mol. The molecule has 0 amide bonds. The molecule has 0 bridgehead atoms. The number of nitrogen functional groups attached to an aromatic ring is 1. The predicted octanol–water partition coefficient (Wildman–Crippen LogP) is 1.03. The first kappa shape index (κ1) is 8.90. The van der Waals surface area contributed by atoms with Gasteiger partial charge in [-0.15, -0.1) is 0 Å². The molecule has 0 aliphatic rings. The molecule has 3 aromatic rings. The number of nitrogens with one attached hydrogen (secondary N) is 1. The first-order valence-corrected chi connectivity index (χ1v) is 4.86. The summed E-state index contributed by atoms with van der Waals surface area (Å²) in [4.78, 5) is 15.7. The van der Waals surface area contributed by atoms with E-state index in [9.17, 15) is 0 Å². The minimum absolute atomic E-state index is 0.493. The van der Waals surface area contributed by atoms with Crippen LogP contribution in [-0.4, -0.2) is 24.5 Å². The summed E-state index contributed by atoms with van der Waals surface area (Å²) in [6, 6.07) is 1.88. The van der Waals surface area contributed by atoms with Crippen molar-refractivity contribution in [2.24, 2.45) is 0 Å². The minimum Gasteiger partial charge on any atom is -0.383 e. The number of nitrogens with two attached hydrogens (primary N) is 1. The Balaban J connectivity index is 2.35. The lowest BCUT2D eigenvalue weighted by atomic mass is 10.4. The topological polar surface area (TPSA) is 85.4 Å². The first-order chi connectivity index (χ1) is 7.75. The summed E-state index contributed by atoms with van der Waals surface area (Å²) in [6.07, 6.45) is 5.32. The lowest BCUT2D eigenvalue weighted by molar-refractivity contribution is 0.970. The van der Waals surface area contributed by atoms with Crippen LogP contribution in [0.1, 0.15) is 5.82 Å². The maximum Gasteiger partial charge on any atom is 0.212 e. The van der Waals surface area contributed by atoms with Gasteiger partial charge in [0.25, 0.3) is 0 Å². The molecule has 0 spiro atoms. The number of imidazole rings is 1. The van der Waals surface area contributed by atoms with Gasteiger partial charge in [-0.3, -0.25) is 4.57 Å². The molecule has 3 aromatic heterocycles.